The highest BCUT2D eigenvalue weighted by Crippen LogP contribution is 2.41. The fourth-order valence-corrected chi connectivity index (χ4v) is 5.14. The highest BCUT2D eigenvalue weighted by atomic mass is 35.5. The summed E-state index contributed by atoms with van der Waals surface area (Å²) in [5.74, 6) is 0.535. The molecule has 1 aliphatic heterocycles. The summed E-state index contributed by atoms with van der Waals surface area (Å²) < 4.78 is 19.6. The average molecular weight is 518 g/mol. The van der Waals surface area contributed by atoms with Gasteiger partial charge >= 0.3 is 0 Å². The second-order valence-electron chi connectivity index (χ2n) is 9.16. The molecule has 37 heavy (non-hydrogen) atoms. The Kier molecular flexibility index (Phi) is 7.06. The molecule has 5 N–H and O–H groups in total. The van der Waals surface area contributed by atoms with Crippen molar-refractivity contribution in [1.82, 2.24) is 10.3 Å². The summed E-state index contributed by atoms with van der Waals surface area (Å²) in [4.78, 5) is 5.95. The largest absolute Gasteiger partial charge is 0.492 e. The zero-order chi connectivity index (χ0) is 25.9. The number of ether oxygens (including phenoxy) is 1. The first-order chi connectivity index (χ1) is 17.9. The number of rotatable bonds is 8. The number of nitrogens with one attached hydrogen (secondary N) is 3. The van der Waals surface area contributed by atoms with Crippen LogP contribution in [-0.4, -0.2) is 30.5 Å². The maximum atomic E-state index is 13.7. The molecule has 8 heteroatoms. The summed E-state index contributed by atoms with van der Waals surface area (Å²) in [6.45, 7) is 3.72. The fourth-order valence-electron chi connectivity index (χ4n) is 4.97. The lowest BCUT2D eigenvalue weighted by Crippen LogP contribution is -2.36. The Bertz CT molecular complexity index is 1450. The lowest BCUT2D eigenvalue weighted by Gasteiger charge is -2.38. The van der Waals surface area contributed by atoms with Gasteiger partial charge < -0.3 is 25.7 Å². The maximum Gasteiger partial charge on any atom is 0.123 e. The molecular formula is C29H29ClFN5O. The highest BCUT2D eigenvalue weighted by Gasteiger charge is 2.32. The molecule has 0 radical (unpaired) electrons. The summed E-state index contributed by atoms with van der Waals surface area (Å²) >= 11 is 6.32. The number of fused-ring (bicyclic) bond motifs is 3. The number of anilines is 1. The number of benzene rings is 3. The van der Waals surface area contributed by atoms with Crippen LogP contribution in [0, 0.1) is 11.2 Å². The molecule has 0 spiro atoms. The Hall–Kier alpha value is -3.97. The highest BCUT2D eigenvalue weighted by molar-refractivity contribution is 6.31. The Labute approximate surface area is 220 Å². The number of hydrogen-bond donors (Lipinski definition) is 4. The minimum atomic E-state index is -0.249. The van der Waals surface area contributed by atoms with Gasteiger partial charge in [-0.05, 0) is 85.1 Å². The van der Waals surface area contributed by atoms with Crippen LogP contribution in [0.1, 0.15) is 29.8 Å². The summed E-state index contributed by atoms with van der Waals surface area (Å²) in [5, 5.41) is 12.3. The van der Waals surface area contributed by atoms with E-state index in [1.165, 1.54) is 17.7 Å². The van der Waals surface area contributed by atoms with Crippen LogP contribution in [0.2, 0.25) is 5.02 Å². The molecule has 0 saturated heterocycles. The molecule has 190 valence electrons. The molecule has 3 aromatic carbocycles. The zero-order valence-corrected chi connectivity index (χ0v) is 21.3. The van der Waals surface area contributed by atoms with Crippen LogP contribution < -0.4 is 20.7 Å². The minimum absolute atomic E-state index is 0.0140. The minimum Gasteiger partial charge on any atom is -0.492 e. The number of hydrogen-bond acceptors (Lipinski definition) is 4. The number of allylic oxidation sites excluding steroid dienone is 1. The van der Waals surface area contributed by atoms with Crippen molar-refractivity contribution in [2.24, 2.45) is 5.73 Å². The number of H-pyrrole nitrogens is 1. The Balaban J connectivity index is 1.41. The molecule has 6 nitrogen and oxygen atoms in total. The van der Waals surface area contributed by atoms with Gasteiger partial charge in [-0.25, -0.2) is 4.39 Å². The number of amidine groups is 1. The molecule has 4 aromatic rings. The normalized spacial score (nSPS) is 15.5. The van der Waals surface area contributed by atoms with Gasteiger partial charge in [0.1, 0.15) is 24.0 Å². The number of aromatic nitrogens is 1. The lowest BCUT2D eigenvalue weighted by atomic mass is 9.91. The molecule has 0 amide bonds. The van der Waals surface area contributed by atoms with Crippen LogP contribution >= 0.6 is 11.6 Å². The van der Waals surface area contributed by atoms with Crippen molar-refractivity contribution >= 4 is 34.0 Å². The van der Waals surface area contributed by atoms with E-state index in [0.29, 0.717) is 13.2 Å². The monoisotopic (exact) mass is 517 g/mol. The maximum absolute atomic E-state index is 13.7. The molecule has 0 fully saturated rings. The summed E-state index contributed by atoms with van der Waals surface area (Å²) in [6.07, 6.45) is 2.42. The Morgan fingerprint density at radius 1 is 1.19 bits per heavy atom. The van der Waals surface area contributed by atoms with Gasteiger partial charge in [0, 0.05) is 46.1 Å². The first-order valence-electron chi connectivity index (χ1n) is 12.2. The van der Waals surface area contributed by atoms with Crippen molar-refractivity contribution in [2.75, 3.05) is 24.6 Å². The van der Waals surface area contributed by atoms with Gasteiger partial charge in [0.25, 0.3) is 0 Å². The van der Waals surface area contributed by atoms with E-state index in [2.05, 4.69) is 27.3 Å². The molecule has 0 saturated carbocycles. The third-order valence-electron chi connectivity index (χ3n) is 6.59. The van der Waals surface area contributed by atoms with Gasteiger partial charge in [0.05, 0.1) is 6.04 Å². The first kappa shape index (κ1) is 24.7. The van der Waals surface area contributed by atoms with E-state index < -0.39 is 0 Å². The predicted octanol–water partition coefficient (Wildman–Crippen LogP) is 5.92. The number of halogens is 2. The van der Waals surface area contributed by atoms with E-state index in [1.807, 2.05) is 49.4 Å². The SMILES string of the molecule is C/C(=C/C(=N)N)NCCOc1ccc(C2c3[nH]c4ccc(Cl)cc4c3CCN2c2ccc(F)cc2)cc1. The third kappa shape index (κ3) is 5.42. The quantitative estimate of drug-likeness (QED) is 0.133. The van der Waals surface area contributed by atoms with E-state index in [0.717, 1.165) is 57.3 Å². The number of nitrogens with two attached hydrogens (primary N) is 1. The first-order valence-corrected chi connectivity index (χ1v) is 12.6. The van der Waals surface area contributed by atoms with Crippen LogP contribution in [0.5, 0.6) is 5.75 Å². The van der Waals surface area contributed by atoms with Gasteiger partial charge in [-0.3, -0.25) is 5.41 Å². The van der Waals surface area contributed by atoms with Crippen LogP contribution in [0.4, 0.5) is 10.1 Å². The standard InChI is InChI=1S/C29H29ClFN5O/c1-18(16-27(32)33)34-13-15-37-23-9-2-19(3-10-23)29-28-24(25-17-20(30)4-11-26(25)35-28)12-14-36(29)22-7-5-21(31)6-8-22/h2-11,16-17,29,34-35H,12-15H2,1H3,(H3,32,33)/b18-16-. The lowest BCUT2D eigenvalue weighted by molar-refractivity contribution is 0.319. The molecule has 0 bridgehead atoms. The van der Waals surface area contributed by atoms with Gasteiger partial charge in [-0.1, -0.05) is 23.7 Å². The second kappa shape index (κ2) is 10.6. The number of aromatic amines is 1. The Morgan fingerprint density at radius 2 is 1.95 bits per heavy atom. The van der Waals surface area contributed by atoms with Crippen molar-refractivity contribution in [3.8, 4) is 5.75 Å². The van der Waals surface area contributed by atoms with Gasteiger partial charge in [-0.2, -0.15) is 0 Å². The van der Waals surface area contributed by atoms with Crippen LogP contribution in [0.3, 0.4) is 0 Å². The predicted molar refractivity (Wildman–Crippen MR) is 148 cm³/mol. The molecule has 1 aromatic heterocycles. The second-order valence-corrected chi connectivity index (χ2v) is 9.59. The third-order valence-corrected chi connectivity index (χ3v) is 6.82. The molecule has 0 aliphatic carbocycles. The van der Waals surface area contributed by atoms with Crippen molar-refractivity contribution in [3.63, 3.8) is 0 Å². The van der Waals surface area contributed by atoms with Crippen LogP contribution in [0.25, 0.3) is 10.9 Å². The number of nitrogens with zero attached hydrogens (tertiary/aromatic N) is 1. The fraction of sp³-hybridized carbons (Fsp3) is 0.207. The van der Waals surface area contributed by atoms with E-state index >= 15 is 0 Å². The van der Waals surface area contributed by atoms with Crippen LogP contribution in [0.15, 0.2) is 78.5 Å². The molecule has 1 atom stereocenters. The Morgan fingerprint density at radius 3 is 2.68 bits per heavy atom. The molecule has 1 unspecified atom stereocenters. The molecule has 2 heterocycles. The van der Waals surface area contributed by atoms with Crippen molar-refractivity contribution < 1.29 is 9.13 Å². The van der Waals surface area contributed by atoms with E-state index in [4.69, 9.17) is 27.5 Å². The van der Waals surface area contributed by atoms with Gasteiger partial charge in [0.2, 0.25) is 0 Å². The summed E-state index contributed by atoms with van der Waals surface area (Å²) in [5.41, 5.74) is 11.7. The van der Waals surface area contributed by atoms with Gasteiger partial charge in [-0.15, -0.1) is 0 Å². The topological polar surface area (TPSA) is 90.2 Å². The van der Waals surface area contributed by atoms with Gasteiger partial charge in [0.15, 0.2) is 0 Å². The molecule has 5 rings (SSSR count). The van der Waals surface area contributed by atoms with E-state index in [-0.39, 0.29) is 17.7 Å². The van der Waals surface area contributed by atoms with Crippen molar-refractivity contribution in [1.29, 1.82) is 5.41 Å². The summed E-state index contributed by atoms with van der Waals surface area (Å²) in [6, 6.07) is 20.7. The van der Waals surface area contributed by atoms with E-state index in [1.54, 1.807) is 6.08 Å². The van der Waals surface area contributed by atoms with Crippen molar-refractivity contribution in [2.45, 2.75) is 19.4 Å². The van der Waals surface area contributed by atoms with Crippen molar-refractivity contribution in [3.05, 3.63) is 106 Å². The van der Waals surface area contributed by atoms with E-state index in [9.17, 15) is 4.39 Å². The molecular weight excluding hydrogens is 489 g/mol. The van der Waals surface area contributed by atoms with Crippen LogP contribution in [-0.2, 0) is 6.42 Å². The summed E-state index contributed by atoms with van der Waals surface area (Å²) in [7, 11) is 0. The average Bonchev–Trinajstić information content (AvgIpc) is 3.24. The zero-order valence-electron chi connectivity index (χ0n) is 20.5. The smallest absolute Gasteiger partial charge is 0.123 e. The molecule has 1 aliphatic rings.